The molecule has 0 spiro atoms. The highest BCUT2D eigenvalue weighted by molar-refractivity contribution is 5.98. The van der Waals surface area contributed by atoms with Gasteiger partial charge in [0.15, 0.2) is 0 Å². The Labute approximate surface area is 165 Å². The van der Waals surface area contributed by atoms with E-state index in [4.69, 9.17) is 0 Å². The van der Waals surface area contributed by atoms with Crippen LogP contribution in [-0.2, 0) is 13.0 Å². The molecule has 2 aromatic rings. The molecule has 1 fully saturated rings. The van der Waals surface area contributed by atoms with E-state index < -0.39 is 0 Å². The second-order valence-corrected chi connectivity index (χ2v) is 8.60. The number of aryl methyl sites for hydroxylation is 1. The van der Waals surface area contributed by atoms with Crippen LogP contribution in [0.25, 0.3) is 10.9 Å². The van der Waals surface area contributed by atoms with Crippen molar-refractivity contribution >= 4 is 22.5 Å². The highest BCUT2D eigenvalue weighted by Crippen LogP contribution is 2.31. The predicted octanol–water partition coefficient (Wildman–Crippen LogP) is 3.52. The molecule has 148 valence electrons. The fourth-order valence-electron chi connectivity index (χ4n) is 4.50. The average molecular weight is 380 g/mol. The van der Waals surface area contributed by atoms with E-state index >= 15 is 0 Å². The van der Waals surface area contributed by atoms with Crippen molar-refractivity contribution in [3.63, 3.8) is 0 Å². The van der Waals surface area contributed by atoms with Crippen LogP contribution in [0, 0.1) is 17.8 Å². The van der Waals surface area contributed by atoms with Crippen molar-refractivity contribution in [2.45, 2.75) is 59.4 Å². The van der Waals surface area contributed by atoms with Crippen molar-refractivity contribution in [2.75, 3.05) is 0 Å². The summed E-state index contributed by atoms with van der Waals surface area (Å²) in [6.45, 7) is 7.39. The van der Waals surface area contributed by atoms with Crippen LogP contribution in [-0.4, -0.2) is 21.2 Å². The summed E-state index contributed by atoms with van der Waals surface area (Å²) in [6.07, 6.45) is 5.03. The van der Waals surface area contributed by atoms with Crippen LogP contribution in [0.2, 0.25) is 0 Å². The van der Waals surface area contributed by atoms with Gasteiger partial charge in [-0.2, -0.15) is 5.10 Å². The molecule has 1 aromatic heterocycles. The highest BCUT2D eigenvalue weighted by Gasteiger charge is 2.27. The molecule has 1 N–H and O–H groups in total. The van der Waals surface area contributed by atoms with Crippen molar-refractivity contribution in [3.05, 3.63) is 39.9 Å². The van der Waals surface area contributed by atoms with E-state index in [0.29, 0.717) is 34.2 Å². The lowest BCUT2D eigenvalue weighted by molar-refractivity contribution is 0.0954. The molecule has 6 nitrogen and oxygen atoms in total. The van der Waals surface area contributed by atoms with Crippen LogP contribution in [0.4, 0.5) is 0 Å². The molecule has 0 saturated heterocycles. The first kappa shape index (κ1) is 18.8. The van der Waals surface area contributed by atoms with Crippen molar-refractivity contribution in [1.82, 2.24) is 15.0 Å². The predicted molar refractivity (Wildman–Crippen MR) is 111 cm³/mol. The van der Waals surface area contributed by atoms with Crippen molar-refractivity contribution in [3.8, 4) is 0 Å². The van der Waals surface area contributed by atoms with Gasteiger partial charge >= 0.3 is 0 Å². The van der Waals surface area contributed by atoms with Crippen LogP contribution in [0.1, 0.15) is 62.6 Å². The molecular formula is C22H28N4O2. The molecule has 1 saturated carbocycles. The van der Waals surface area contributed by atoms with E-state index in [0.717, 1.165) is 43.8 Å². The molecule has 1 aliphatic carbocycles. The first-order chi connectivity index (χ1) is 13.4. The zero-order valence-electron chi connectivity index (χ0n) is 16.9. The van der Waals surface area contributed by atoms with Gasteiger partial charge in [-0.25, -0.2) is 10.4 Å². The van der Waals surface area contributed by atoms with E-state index in [1.165, 1.54) is 6.42 Å². The molecule has 1 aliphatic heterocycles. The van der Waals surface area contributed by atoms with Crippen molar-refractivity contribution < 1.29 is 4.79 Å². The third-order valence-corrected chi connectivity index (χ3v) is 6.14. The molecule has 0 unspecified atom stereocenters. The minimum Gasteiger partial charge on any atom is -0.296 e. The van der Waals surface area contributed by atoms with E-state index in [-0.39, 0.29) is 11.5 Å². The van der Waals surface area contributed by atoms with Crippen LogP contribution >= 0.6 is 0 Å². The Bertz CT molecular complexity index is 1010. The summed E-state index contributed by atoms with van der Waals surface area (Å²) < 4.78 is 1.74. The van der Waals surface area contributed by atoms with Gasteiger partial charge in [-0.1, -0.05) is 20.8 Å². The Morgan fingerprint density at radius 1 is 1.32 bits per heavy atom. The van der Waals surface area contributed by atoms with E-state index in [1.54, 1.807) is 22.8 Å². The van der Waals surface area contributed by atoms with Crippen LogP contribution < -0.4 is 11.0 Å². The number of aromatic nitrogens is 2. The molecule has 2 heterocycles. The maximum Gasteiger partial charge on any atom is 0.271 e. The monoisotopic (exact) mass is 380 g/mol. The molecule has 1 aromatic carbocycles. The summed E-state index contributed by atoms with van der Waals surface area (Å²) in [7, 11) is 0. The second kappa shape index (κ2) is 7.49. The lowest BCUT2D eigenvalue weighted by Gasteiger charge is -2.30. The van der Waals surface area contributed by atoms with Gasteiger partial charge in [0.1, 0.15) is 5.82 Å². The molecule has 6 heteroatoms. The van der Waals surface area contributed by atoms with Gasteiger partial charge in [-0.05, 0) is 55.7 Å². The topological polar surface area (TPSA) is 76.3 Å². The van der Waals surface area contributed by atoms with Gasteiger partial charge in [-0.3, -0.25) is 14.2 Å². The van der Waals surface area contributed by atoms with E-state index in [2.05, 4.69) is 36.3 Å². The number of fused-ring (bicyclic) bond motifs is 2. The van der Waals surface area contributed by atoms with Gasteiger partial charge in [0.05, 0.1) is 10.9 Å². The number of hydrogen-bond donors (Lipinski definition) is 1. The fraction of sp³-hybridized carbons (Fsp3) is 0.545. The van der Waals surface area contributed by atoms with Gasteiger partial charge < -0.3 is 0 Å². The highest BCUT2D eigenvalue weighted by atomic mass is 16.2. The smallest absolute Gasteiger partial charge is 0.271 e. The molecule has 0 bridgehead atoms. The number of nitrogens with one attached hydrogen (secondary N) is 1. The molecule has 1 amide bonds. The van der Waals surface area contributed by atoms with Crippen molar-refractivity contribution in [2.24, 2.45) is 22.9 Å². The van der Waals surface area contributed by atoms with Gasteiger partial charge in [0.25, 0.3) is 11.5 Å². The Kier molecular flexibility index (Phi) is 5.04. The Morgan fingerprint density at radius 2 is 2.14 bits per heavy atom. The number of rotatable bonds is 3. The average Bonchev–Trinajstić information content (AvgIpc) is 3.14. The Morgan fingerprint density at radius 3 is 2.93 bits per heavy atom. The molecule has 28 heavy (non-hydrogen) atoms. The number of benzene rings is 1. The number of amides is 1. The van der Waals surface area contributed by atoms with Crippen LogP contribution in [0.15, 0.2) is 28.1 Å². The first-order valence-corrected chi connectivity index (χ1v) is 10.3. The maximum absolute atomic E-state index is 12.7. The lowest BCUT2D eigenvalue weighted by Crippen LogP contribution is -2.31. The lowest BCUT2D eigenvalue weighted by atomic mass is 9.76. The maximum atomic E-state index is 12.7. The number of hydrazone groups is 1. The summed E-state index contributed by atoms with van der Waals surface area (Å²) in [5, 5.41) is 5.06. The fourth-order valence-corrected chi connectivity index (χ4v) is 4.50. The third-order valence-electron chi connectivity index (χ3n) is 6.14. The quantitative estimate of drug-likeness (QED) is 0.828. The SMILES string of the molecule is CC(C)[C@H]1CC[C@H](C)CC1=NNC(=O)c1ccc2c(=O)n3c(nc2c1)CCC3. The number of carbonyl (C=O) groups excluding carboxylic acids is 1. The third kappa shape index (κ3) is 3.48. The number of nitrogens with zero attached hydrogens (tertiary/aromatic N) is 3. The standard InChI is InChI=1S/C22H28N4O2/c1-13(2)16-8-6-14(3)11-19(16)24-25-21(27)15-7-9-17-18(12-15)23-20-5-4-10-26(20)22(17)28/h7,9,12-14,16H,4-6,8,10-11H2,1-3H3,(H,25,27)/t14-,16+/m0/s1. The van der Waals surface area contributed by atoms with Crippen LogP contribution in [0.3, 0.4) is 0 Å². The molecule has 4 rings (SSSR count). The van der Waals surface area contributed by atoms with Gasteiger partial charge in [0.2, 0.25) is 0 Å². The molecular weight excluding hydrogens is 352 g/mol. The minimum atomic E-state index is -0.252. The van der Waals surface area contributed by atoms with Gasteiger partial charge in [-0.15, -0.1) is 0 Å². The number of carbonyl (C=O) groups is 1. The normalized spacial score (nSPS) is 23.4. The Balaban J connectivity index is 1.59. The van der Waals surface area contributed by atoms with Crippen molar-refractivity contribution in [1.29, 1.82) is 0 Å². The second-order valence-electron chi connectivity index (χ2n) is 8.60. The van der Waals surface area contributed by atoms with Crippen LogP contribution in [0.5, 0.6) is 0 Å². The summed E-state index contributed by atoms with van der Waals surface area (Å²) in [4.78, 5) is 29.8. The molecule has 0 radical (unpaired) electrons. The van der Waals surface area contributed by atoms with E-state index in [9.17, 15) is 9.59 Å². The molecule has 2 aliphatic rings. The van der Waals surface area contributed by atoms with E-state index in [1.807, 2.05) is 0 Å². The molecule has 2 atom stereocenters. The summed E-state index contributed by atoms with van der Waals surface area (Å²) in [6, 6.07) is 5.10. The summed E-state index contributed by atoms with van der Waals surface area (Å²) in [5.41, 5.74) is 4.90. The first-order valence-electron chi connectivity index (χ1n) is 10.3. The summed E-state index contributed by atoms with van der Waals surface area (Å²) in [5.74, 6) is 2.11. The largest absolute Gasteiger partial charge is 0.296 e. The Hall–Kier alpha value is -2.50. The zero-order chi connectivity index (χ0) is 19.8. The number of hydrogen-bond acceptors (Lipinski definition) is 4. The van der Waals surface area contributed by atoms with Gasteiger partial charge in [0, 0.05) is 30.2 Å². The minimum absolute atomic E-state index is 0.0133. The zero-order valence-corrected chi connectivity index (χ0v) is 16.9. The summed E-state index contributed by atoms with van der Waals surface area (Å²) >= 11 is 0.